The number of phenols is 1. The molecule has 78 valence electrons. The van der Waals surface area contributed by atoms with E-state index in [-0.39, 0.29) is 11.5 Å². The lowest BCUT2D eigenvalue weighted by atomic mass is 10.1. The average molecular weight is 204 g/mol. The number of carbonyl (C=O) groups excluding carboxylic acids is 1. The van der Waals surface area contributed by atoms with Crippen molar-refractivity contribution in [2.24, 2.45) is 0 Å². The highest BCUT2D eigenvalue weighted by molar-refractivity contribution is 6.07. The standard InChI is InChI=1S/C12H12O3/c1-3-8-6-10-9(7(2)13)4-5-11(14)12(10)15-8/h4-6,14H,3H2,1-2H3. The Morgan fingerprint density at radius 2 is 2.20 bits per heavy atom. The first-order valence-corrected chi connectivity index (χ1v) is 4.88. The third-order valence-corrected chi connectivity index (χ3v) is 2.44. The van der Waals surface area contributed by atoms with Crippen molar-refractivity contribution in [1.29, 1.82) is 0 Å². The fourth-order valence-electron chi connectivity index (χ4n) is 1.64. The number of ketones is 1. The van der Waals surface area contributed by atoms with Crippen LogP contribution in [-0.2, 0) is 6.42 Å². The van der Waals surface area contributed by atoms with Gasteiger partial charge in [0.15, 0.2) is 17.1 Å². The van der Waals surface area contributed by atoms with E-state index in [4.69, 9.17) is 4.42 Å². The molecule has 2 aromatic rings. The van der Waals surface area contributed by atoms with E-state index in [1.54, 1.807) is 6.07 Å². The summed E-state index contributed by atoms with van der Waals surface area (Å²) < 4.78 is 5.44. The Morgan fingerprint density at radius 1 is 1.47 bits per heavy atom. The van der Waals surface area contributed by atoms with Crippen LogP contribution in [0.3, 0.4) is 0 Å². The molecule has 0 saturated carbocycles. The number of benzene rings is 1. The van der Waals surface area contributed by atoms with Crippen LogP contribution in [0.25, 0.3) is 11.0 Å². The third kappa shape index (κ3) is 1.50. The molecule has 3 nitrogen and oxygen atoms in total. The smallest absolute Gasteiger partial charge is 0.176 e. The molecule has 1 aromatic heterocycles. The van der Waals surface area contributed by atoms with Crippen LogP contribution in [0.15, 0.2) is 22.6 Å². The molecule has 15 heavy (non-hydrogen) atoms. The van der Waals surface area contributed by atoms with Crippen molar-refractivity contribution in [3.8, 4) is 5.75 Å². The van der Waals surface area contributed by atoms with Gasteiger partial charge in [-0.3, -0.25) is 4.79 Å². The molecule has 0 fully saturated rings. The molecule has 0 saturated heterocycles. The van der Waals surface area contributed by atoms with E-state index < -0.39 is 0 Å². The summed E-state index contributed by atoms with van der Waals surface area (Å²) in [6.45, 7) is 3.46. The number of aryl methyl sites for hydroxylation is 1. The molecule has 0 bridgehead atoms. The van der Waals surface area contributed by atoms with E-state index in [1.165, 1.54) is 13.0 Å². The summed E-state index contributed by atoms with van der Waals surface area (Å²) in [7, 11) is 0. The van der Waals surface area contributed by atoms with Crippen LogP contribution >= 0.6 is 0 Å². The molecule has 1 aromatic carbocycles. The minimum Gasteiger partial charge on any atom is -0.504 e. The number of Topliss-reactive ketones (excluding diaryl/α,β-unsaturated/α-hetero) is 1. The highest BCUT2D eigenvalue weighted by Gasteiger charge is 2.13. The van der Waals surface area contributed by atoms with Crippen LogP contribution in [0.5, 0.6) is 5.75 Å². The number of hydrogen-bond acceptors (Lipinski definition) is 3. The van der Waals surface area contributed by atoms with Gasteiger partial charge >= 0.3 is 0 Å². The number of carbonyl (C=O) groups is 1. The zero-order valence-corrected chi connectivity index (χ0v) is 8.70. The summed E-state index contributed by atoms with van der Waals surface area (Å²) in [6.07, 6.45) is 0.742. The van der Waals surface area contributed by atoms with Gasteiger partial charge in [0, 0.05) is 17.4 Å². The molecule has 0 aliphatic heterocycles. The number of furan rings is 1. The monoisotopic (exact) mass is 204 g/mol. The van der Waals surface area contributed by atoms with E-state index in [0.29, 0.717) is 16.5 Å². The summed E-state index contributed by atoms with van der Waals surface area (Å²) in [4.78, 5) is 11.3. The maximum absolute atomic E-state index is 11.3. The topological polar surface area (TPSA) is 50.4 Å². The van der Waals surface area contributed by atoms with Crippen molar-refractivity contribution in [2.75, 3.05) is 0 Å². The summed E-state index contributed by atoms with van der Waals surface area (Å²) in [5.41, 5.74) is 0.991. The molecule has 0 spiro atoms. The van der Waals surface area contributed by atoms with Crippen LogP contribution < -0.4 is 0 Å². The molecule has 3 heteroatoms. The predicted molar refractivity (Wildman–Crippen MR) is 57.3 cm³/mol. The first-order chi connectivity index (χ1) is 7.13. The molecule has 0 unspecified atom stereocenters. The summed E-state index contributed by atoms with van der Waals surface area (Å²) in [5, 5.41) is 10.3. The van der Waals surface area contributed by atoms with Crippen molar-refractivity contribution >= 4 is 16.8 Å². The molecule has 0 amide bonds. The lowest BCUT2D eigenvalue weighted by Crippen LogP contribution is -1.91. The lowest BCUT2D eigenvalue weighted by molar-refractivity contribution is 0.101. The normalized spacial score (nSPS) is 10.8. The first-order valence-electron chi connectivity index (χ1n) is 4.88. The van der Waals surface area contributed by atoms with Crippen LogP contribution in [0.2, 0.25) is 0 Å². The maximum Gasteiger partial charge on any atom is 0.176 e. The van der Waals surface area contributed by atoms with Gasteiger partial charge in [-0.25, -0.2) is 0 Å². The van der Waals surface area contributed by atoms with Gasteiger partial charge in [0.1, 0.15) is 5.76 Å². The Balaban J connectivity index is 2.80. The van der Waals surface area contributed by atoms with E-state index >= 15 is 0 Å². The molecule has 1 N–H and O–H groups in total. The first kappa shape index (κ1) is 9.77. The van der Waals surface area contributed by atoms with Gasteiger partial charge in [0.2, 0.25) is 0 Å². The third-order valence-electron chi connectivity index (χ3n) is 2.44. The van der Waals surface area contributed by atoms with Gasteiger partial charge < -0.3 is 9.52 Å². The summed E-state index contributed by atoms with van der Waals surface area (Å²) in [6, 6.07) is 4.92. The molecule has 0 atom stereocenters. The van der Waals surface area contributed by atoms with Gasteiger partial charge in [-0.2, -0.15) is 0 Å². The van der Waals surface area contributed by atoms with E-state index in [1.807, 2.05) is 13.0 Å². The SMILES string of the molecule is CCc1cc2c(C(C)=O)ccc(O)c2o1. The number of rotatable bonds is 2. The zero-order chi connectivity index (χ0) is 11.0. The number of phenolic OH excluding ortho intramolecular Hbond substituents is 1. The fraction of sp³-hybridized carbons (Fsp3) is 0.250. The molecule has 1 heterocycles. The predicted octanol–water partition coefficient (Wildman–Crippen LogP) is 2.90. The molecule has 0 radical (unpaired) electrons. The summed E-state index contributed by atoms with van der Waals surface area (Å²) >= 11 is 0. The quantitative estimate of drug-likeness (QED) is 0.765. The highest BCUT2D eigenvalue weighted by atomic mass is 16.4. The molecule has 2 rings (SSSR count). The minimum absolute atomic E-state index is 0.0246. The molecular formula is C12H12O3. The number of hydrogen-bond donors (Lipinski definition) is 1. The van der Waals surface area contributed by atoms with E-state index in [2.05, 4.69) is 0 Å². The van der Waals surface area contributed by atoms with E-state index in [9.17, 15) is 9.90 Å². The second-order valence-electron chi connectivity index (χ2n) is 3.50. The number of aromatic hydroxyl groups is 1. The van der Waals surface area contributed by atoms with Crippen molar-refractivity contribution in [2.45, 2.75) is 20.3 Å². The van der Waals surface area contributed by atoms with Crippen molar-refractivity contribution in [3.63, 3.8) is 0 Å². The maximum atomic E-state index is 11.3. The van der Waals surface area contributed by atoms with Crippen molar-refractivity contribution < 1.29 is 14.3 Å². The Labute approximate surface area is 87.3 Å². The van der Waals surface area contributed by atoms with Crippen LogP contribution in [-0.4, -0.2) is 10.9 Å². The lowest BCUT2D eigenvalue weighted by Gasteiger charge is -1.98. The van der Waals surface area contributed by atoms with Crippen LogP contribution in [0.4, 0.5) is 0 Å². The van der Waals surface area contributed by atoms with Crippen molar-refractivity contribution in [3.05, 3.63) is 29.5 Å². The Morgan fingerprint density at radius 3 is 2.80 bits per heavy atom. The fourth-order valence-corrected chi connectivity index (χ4v) is 1.64. The van der Waals surface area contributed by atoms with Gasteiger partial charge in [-0.05, 0) is 25.1 Å². The Bertz CT molecular complexity index is 523. The van der Waals surface area contributed by atoms with Crippen LogP contribution in [0, 0.1) is 0 Å². The second kappa shape index (κ2) is 3.42. The largest absolute Gasteiger partial charge is 0.504 e. The van der Waals surface area contributed by atoms with Crippen LogP contribution in [0.1, 0.15) is 30.0 Å². The highest BCUT2D eigenvalue weighted by Crippen LogP contribution is 2.31. The van der Waals surface area contributed by atoms with E-state index in [0.717, 1.165) is 12.2 Å². The Hall–Kier alpha value is -1.77. The minimum atomic E-state index is -0.0246. The van der Waals surface area contributed by atoms with Crippen molar-refractivity contribution in [1.82, 2.24) is 0 Å². The molecule has 0 aliphatic rings. The second-order valence-corrected chi connectivity index (χ2v) is 3.50. The molecular weight excluding hydrogens is 192 g/mol. The number of fused-ring (bicyclic) bond motifs is 1. The average Bonchev–Trinajstić information content (AvgIpc) is 2.62. The Kier molecular flexibility index (Phi) is 2.23. The van der Waals surface area contributed by atoms with Gasteiger partial charge in [-0.1, -0.05) is 6.92 Å². The molecule has 0 aliphatic carbocycles. The van der Waals surface area contributed by atoms with Gasteiger partial charge in [0.25, 0.3) is 0 Å². The zero-order valence-electron chi connectivity index (χ0n) is 8.70. The van der Waals surface area contributed by atoms with Gasteiger partial charge in [0.05, 0.1) is 0 Å². The van der Waals surface area contributed by atoms with Gasteiger partial charge in [-0.15, -0.1) is 0 Å². The summed E-state index contributed by atoms with van der Waals surface area (Å²) in [5.74, 6) is 0.826.